The van der Waals surface area contributed by atoms with Gasteiger partial charge in [-0.25, -0.2) is 4.98 Å². The molecule has 0 bridgehead atoms. The van der Waals surface area contributed by atoms with E-state index in [2.05, 4.69) is 26.2 Å². The zero-order chi connectivity index (χ0) is 14.7. The molecule has 0 spiro atoms. The standard InChI is InChI=1S/C13H8BrClN4O/c14-8-3-10(12(17)18-6-8)13(20)19-11-4-9(15)2-1-7(11)5-16/h1-4,6H,(H2,17,18)(H,19,20). The molecule has 0 fully saturated rings. The molecule has 1 heterocycles. The van der Waals surface area contributed by atoms with Crippen LogP contribution in [0.3, 0.4) is 0 Å². The van der Waals surface area contributed by atoms with Gasteiger partial charge in [-0.2, -0.15) is 5.26 Å². The Bertz CT molecular complexity index is 727. The van der Waals surface area contributed by atoms with E-state index >= 15 is 0 Å². The minimum atomic E-state index is -0.463. The highest BCUT2D eigenvalue weighted by Crippen LogP contribution is 2.22. The maximum Gasteiger partial charge on any atom is 0.259 e. The first-order valence-electron chi connectivity index (χ1n) is 5.43. The van der Waals surface area contributed by atoms with E-state index in [1.54, 1.807) is 12.1 Å². The van der Waals surface area contributed by atoms with Crippen molar-refractivity contribution >= 4 is 44.9 Å². The number of anilines is 2. The molecule has 0 saturated heterocycles. The highest BCUT2D eigenvalue weighted by molar-refractivity contribution is 9.10. The second-order valence-electron chi connectivity index (χ2n) is 3.84. The Balaban J connectivity index is 2.35. The van der Waals surface area contributed by atoms with Crippen LogP contribution in [-0.2, 0) is 0 Å². The quantitative estimate of drug-likeness (QED) is 0.869. The van der Waals surface area contributed by atoms with Crippen LogP contribution in [0.25, 0.3) is 0 Å². The van der Waals surface area contributed by atoms with Crippen molar-refractivity contribution in [3.8, 4) is 6.07 Å². The van der Waals surface area contributed by atoms with Crippen molar-refractivity contribution in [3.63, 3.8) is 0 Å². The zero-order valence-electron chi connectivity index (χ0n) is 10.0. The second kappa shape index (κ2) is 5.90. The summed E-state index contributed by atoms with van der Waals surface area (Å²) < 4.78 is 0.628. The summed E-state index contributed by atoms with van der Waals surface area (Å²) in [6.45, 7) is 0. The molecule has 0 atom stereocenters. The number of hydrogen-bond donors (Lipinski definition) is 2. The summed E-state index contributed by atoms with van der Waals surface area (Å²) in [6.07, 6.45) is 1.49. The van der Waals surface area contributed by atoms with Gasteiger partial charge in [0.05, 0.1) is 16.8 Å². The Morgan fingerprint density at radius 3 is 2.90 bits per heavy atom. The fourth-order valence-electron chi connectivity index (χ4n) is 1.54. The van der Waals surface area contributed by atoms with Crippen LogP contribution in [0.4, 0.5) is 11.5 Å². The summed E-state index contributed by atoms with van der Waals surface area (Å²) in [5.41, 5.74) is 6.50. The lowest BCUT2D eigenvalue weighted by molar-refractivity contribution is 0.102. The first-order valence-corrected chi connectivity index (χ1v) is 6.60. The molecule has 2 rings (SSSR count). The number of carbonyl (C=O) groups excluding carboxylic acids is 1. The second-order valence-corrected chi connectivity index (χ2v) is 5.19. The number of aromatic nitrogens is 1. The van der Waals surface area contributed by atoms with Crippen molar-refractivity contribution in [1.82, 2.24) is 4.98 Å². The minimum absolute atomic E-state index is 0.103. The molecule has 2 aromatic rings. The Kier molecular flexibility index (Phi) is 4.23. The molecule has 0 aliphatic carbocycles. The molecular formula is C13H8BrClN4O. The number of rotatable bonds is 2. The molecule has 0 saturated carbocycles. The number of carbonyl (C=O) groups is 1. The molecule has 5 nitrogen and oxygen atoms in total. The number of nitrogens with zero attached hydrogens (tertiary/aromatic N) is 2. The average molecular weight is 352 g/mol. The van der Waals surface area contributed by atoms with Gasteiger partial charge in [-0.3, -0.25) is 4.79 Å². The van der Waals surface area contributed by atoms with Crippen LogP contribution >= 0.6 is 27.5 Å². The Hall–Kier alpha value is -2.10. The van der Waals surface area contributed by atoms with Crippen molar-refractivity contribution in [3.05, 3.63) is 51.1 Å². The van der Waals surface area contributed by atoms with E-state index in [0.29, 0.717) is 20.7 Å². The number of amides is 1. The molecule has 0 aliphatic rings. The first-order chi connectivity index (χ1) is 9.51. The van der Waals surface area contributed by atoms with Gasteiger partial charge in [0, 0.05) is 15.7 Å². The SMILES string of the molecule is N#Cc1ccc(Cl)cc1NC(=O)c1cc(Br)cnc1N. The number of nitriles is 1. The van der Waals surface area contributed by atoms with E-state index < -0.39 is 5.91 Å². The zero-order valence-corrected chi connectivity index (χ0v) is 12.4. The van der Waals surface area contributed by atoms with Crippen molar-refractivity contribution < 1.29 is 4.79 Å². The van der Waals surface area contributed by atoms with Crippen molar-refractivity contribution in [2.75, 3.05) is 11.1 Å². The van der Waals surface area contributed by atoms with Gasteiger partial charge in [0.25, 0.3) is 5.91 Å². The number of nitrogen functional groups attached to an aromatic ring is 1. The fourth-order valence-corrected chi connectivity index (χ4v) is 2.04. The molecule has 100 valence electrons. The molecule has 0 aliphatic heterocycles. The molecule has 1 amide bonds. The van der Waals surface area contributed by atoms with E-state index in [-0.39, 0.29) is 11.4 Å². The third kappa shape index (κ3) is 3.07. The van der Waals surface area contributed by atoms with Gasteiger partial charge in [-0.15, -0.1) is 0 Å². The monoisotopic (exact) mass is 350 g/mol. The molecule has 20 heavy (non-hydrogen) atoms. The molecule has 0 radical (unpaired) electrons. The highest BCUT2D eigenvalue weighted by atomic mass is 79.9. The maximum atomic E-state index is 12.2. The molecule has 0 unspecified atom stereocenters. The number of pyridine rings is 1. The lowest BCUT2D eigenvalue weighted by Crippen LogP contribution is -2.15. The topological polar surface area (TPSA) is 91.8 Å². The highest BCUT2D eigenvalue weighted by Gasteiger charge is 2.14. The summed E-state index contributed by atoms with van der Waals surface area (Å²) in [5, 5.41) is 12.0. The van der Waals surface area contributed by atoms with E-state index in [4.69, 9.17) is 22.6 Å². The third-order valence-electron chi connectivity index (χ3n) is 2.48. The summed E-state index contributed by atoms with van der Waals surface area (Å²) >= 11 is 9.07. The number of nitrogens with two attached hydrogens (primary N) is 1. The normalized spacial score (nSPS) is 9.85. The third-order valence-corrected chi connectivity index (χ3v) is 3.15. The van der Waals surface area contributed by atoms with Crippen LogP contribution in [0.5, 0.6) is 0 Å². The van der Waals surface area contributed by atoms with Gasteiger partial charge in [0.15, 0.2) is 0 Å². The number of halogens is 2. The van der Waals surface area contributed by atoms with Crippen LogP contribution in [0.15, 0.2) is 34.9 Å². The van der Waals surface area contributed by atoms with E-state index in [1.807, 2.05) is 6.07 Å². The predicted molar refractivity (Wildman–Crippen MR) is 80.5 cm³/mol. The molecular weight excluding hydrogens is 344 g/mol. The number of benzene rings is 1. The van der Waals surface area contributed by atoms with Gasteiger partial charge in [0.1, 0.15) is 11.9 Å². The van der Waals surface area contributed by atoms with E-state index in [9.17, 15) is 4.79 Å². The molecule has 1 aromatic carbocycles. The summed E-state index contributed by atoms with van der Waals surface area (Å²) in [4.78, 5) is 16.0. The largest absolute Gasteiger partial charge is 0.383 e. The number of hydrogen-bond acceptors (Lipinski definition) is 4. The van der Waals surface area contributed by atoms with Gasteiger partial charge in [-0.1, -0.05) is 11.6 Å². The summed E-state index contributed by atoms with van der Waals surface area (Å²) in [6, 6.07) is 8.13. The smallest absolute Gasteiger partial charge is 0.259 e. The Morgan fingerprint density at radius 1 is 1.45 bits per heavy atom. The minimum Gasteiger partial charge on any atom is -0.383 e. The fraction of sp³-hybridized carbons (Fsp3) is 0. The molecule has 1 aromatic heterocycles. The van der Waals surface area contributed by atoms with Gasteiger partial charge in [-0.05, 0) is 40.2 Å². The van der Waals surface area contributed by atoms with E-state index in [0.717, 1.165) is 0 Å². The summed E-state index contributed by atoms with van der Waals surface area (Å²) in [5.74, 6) is -0.360. The number of nitrogens with one attached hydrogen (secondary N) is 1. The van der Waals surface area contributed by atoms with E-state index in [1.165, 1.54) is 18.3 Å². The maximum absolute atomic E-state index is 12.2. The van der Waals surface area contributed by atoms with Gasteiger partial charge < -0.3 is 11.1 Å². The van der Waals surface area contributed by atoms with Crippen molar-refractivity contribution in [2.45, 2.75) is 0 Å². The summed E-state index contributed by atoms with van der Waals surface area (Å²) in [7, 11) is 0. The predicted octanol–water partition coefficient (Wildman–Crippen LogP) is 3.20. The lowest BCUT2D eigenvalue weighted by atomic mass is 10.1. The first kappa shape index (κ1) is 14.3. The van der Waals surface area contributed by atoms with Crippen LogP contribution in [0, 0.1) is 11.3 Å². The Morgan fingerprint density at radius 2 is 2.20 bits per heavy atom. The lowest BCUT2D eigenvalue weighted by Gasteiger charge is -2.09. The Labute approximate surface area is 128 Å². The van der Waals surface area contributed by atoms with Crippen LogP contribution in [0.2, 0.25) is 5.02 Å². The molecule has 7 heteroatoms. The van der Waals surface area contributed by atoms with Crippen LogP contribution in [0.1, 0.15) is 15.9 Å². The van der Waals surface area contributed by atoms with Crippen LogP contribution < -0.4 is 11.1 Å². The average Bonchev–Trinajstić information content (AvgIpc) is 2.41. The van der Waals surface area contributed by atoms with Gasteiger partial charge >= 0.3 is 0 Å². The van der Waals surface area contributed by atoms with Crippen molar-refractivity contribution in [2.24, 2.45) is 0 Å². The van der Waals surface area contributed by atoms with Gasteiger partial charge in [0.2, 0.25) is 0 Å². The van der Waals surface area contributed by atoms with Crippen molar-refractivity contribution in [1.29, 1.82) is 5.26 Å². The molecule has 3 N–H and O–H groups in total. The van der Waals surface area contributed by atoms with Crippen LogP contribution in [-0.4, -0.2) is 10.9 Å².